The van der Waals surface area contributed by atoms with Gasteiger partial charge in [0.2, 0.25) is 23.6 Å². The zero-order chi connectivity index (χ0) is 21.3. The fourth-order valence-electron chi connectivity index (χ4n) is 1.91. The quantitative estimate of drug-likeness (QED) is 0.187. The average Bonchev–Trinajstić information content (AvgIpc) is 2.54. The van der Waals surface area contributed by atoms with Gasteiger partial charge in [-0.25, -0.2) is 0 Å². The van der Waals surface area contributed by atoms with E-state index in [1.54, 1.807) is 13.8 Å². The predicted octanol–water partition coefficient (Wildman–Crippen LogP) is -3.60. The van der Waals surface area contributed by atoms with Gasteiger partial charge in [0.25, 0.3) is 0 Å². The van der Waals surface area contributed by atoms with E-state index in [2.05, 4.69) is 10.6 Å². The van der Waals surface area contributed by atoms with Gasteiger partial charge in [-0.3, -0.25) is 24.0 Å². The van der Waals surface area contributed by atoms with E-state index in [1.807, 2.05) is 5.32 Å². The summed E-state index contributed by atoms with van der Waals surface area (Å²) in [6, 6.07) is -3.88. The Hall–Kier alpha value is -2.73. The second kappa shape index (κ2) is 11.1. The minimum Gasteiger partial charge on any atom is -0.480 e. The first-order chi connectivity index (χ1) is 12.4. The number of nitrogens with one attached hydrogen (secondary N) is 3. The molecule has 0 heterocycles. The van der Waals surface area contributed by atoms with E-state index in [0.29, 0.717) is 0 Å². The second-order valence-electron chi connectivity index (χ2n) is 6.34. The summed E-state index contributed by atoms with van der Waals surface area (Å²) in [5, 5.41) is 24.7. The van der Waals surface area contributed by atoms with Crippen LogP contribution in [-0.4, -0.2) is 70.6 Å². The highest BCUT2D eigenvalue weighted by Gasteiger charge is 2.31. The van der Waals surface area contributed by atoms with Gasteiger partial charge in [0.05, 0.1) is 18.6 Å². The van der Waals surface area contributed by atoms with Crippen LogP contribution in [-0.2, 0) is 24.0 Å². The van der Waals surface area contributed by atoms with E-state index >= 15 is 0 Å². The van der Waals surface area contributed by atoms with E-state index in [-0.39, 0.29) is 5.92 Å². The molecular formula is C15H27N5O7. The van der Waals surface area contributed by atoms with Crippen molar-refractivity contribution in [3.8, 4) is 0 Å². The molecule has 12 nitrogen and oxygen atoms in total. The lowest BCUT2D eigenvalue weighted by atomic mass is 10.0. The van der Waals surface area contributed by atoms with Crippen LogP contribution in [0.15, 0.2) is 0 Å². The first-order valence-corrected chi connectivity index (χ1v) is 8.19. The lowest BCUT2D eigenvalue weighted by Crippen LogP contribution is -2.59. The maximum atomic E-state index is 12.4. The number of hydrogen-bond donors (Lipinski definition) is 7. The van der Waals surface area contributed by atoms with Crippen molar-refractivity contribution in [2.45, 2.75) is 51.4 Å². The molecule has 4 atom stereocenters. The highest BCUT2D eigenvalue weighted by Crippen LogP contribution is 2.02. The smallest absolute Gasteiger partial charge is 0.322 e. The summed E-state index contributed by atoms with van der Waals surface area (Å²) in [5.41, 5.74) is 10.8. The molecule has 0 spiro atoms. The normalized spacial score (nSPS) is 15.2. The Morgan fingerprint density at radius 1 is 0.963 bits per heavy atom. The van der Waals surface area contributed by atoms with E-state index in [9.17, 15) is 29.1 Å². The molecule has 4 amide bonds. The number of aliphatic hydroxyl groups is 1. The minimum absolute atomic E-state index is 0.241. The molecule has 9 N–H and O–H groups in total. The Kier molecular flexibility index (Phi) is 9.96. The van der Waals surface area contributed by atoms with E-state index in [4.69, 9.17) is 16.6 Å². The van der Waals surface area contributed by atoms with Gasteiger partial charge in [-0.2, -0.15) is 0 Å². The van der Waals surface area contributed by atoms with Crippen molar-refractivity contribution in [3.05, 3.63) is 0 Å². The maximum absolute atomic E-state index is 12.4. The van der Waals surface area contributed by atoms with Crippen molar-refractivity contribution >= 4 is 29.6 Å². The Balaban J connectivity index is 5.22. The average molecular weight is 389 g/mol. The summed E-state index contributed by atoms with van der Waals surface area (Å²) in [7, 11) is 0. The molecule has 0 aliphatic heterocycles. The van der Waals surface area contributed by atoms with Crippen LogP contribution in [0.2, 0.25) is 0 Å². The van der Waals surface area contributed by atoms with Gasteiger partial charge in [-0.1, -0.05) is 13.8 Å². The lowest BCUT2D eigenvalue weighted by Gasteiger charge is -2.25. The summed E-state index contributed by atoms with van der Waals surface area (Å²) >= 11 is 0. The maximum Gasteiger partial charge on any atom is 0.322 e. The van der Waals surface area contributed by atoms with Gasteiger partial charge in [0.1, 0.15) is 18.6 Å². The predicted molar refractivity (Wildman–Crippen MR) is 92.8 cm³/mol. The van der Waals surface area contributed by atoms with Crippen molar-refractivity contribution in [1.82, 2.24) is 16.0 Å². The molecule has 0 rings (SSSR count). The Labute approximate surface area is 156 Å². The molecule has 0 radical (unpaired) electrons. The number of carbonyl (C=O) groups is 5. The standard InChI is InChI=1S/C15H27N5O7/c1-6(2)11(17)14(26)19-8(4-9(16)22)13(25)20-12(7(3)21)15(27)18-5-10(23)24/h6-8,11-12,21H,4-5,17H2,1-3H3,(H2,16,22)(H,18,27)(H,19,26)(H,20,25)(H,23,24). The number of aliphatic carboxylic acids is 1. The van der Waals surface area contributed by atoms with Crippen molar-refractivity contribution in [2.24, 2.45) is 17.4 Å². The number of nitrogens with two attached hydrogens (primary N) is 2. The topological polar surface area (TPSA) is 214 Å². The van der Waals surface area contributed by atoms with Crippen LogP contribution >= 0.6 is 0 Å². The summed E-state index contributed by atoms with van der Waals surface area (Å²) in [5.74, 6) is -5.07. The number of carboxylic acids is 1. The molecule has 0 aromatic rings. The summed E-state index contributed by atoms with van der Waals surface area (Å²) in [6.45, 7) is 3.84. The third-order valence-electron chi connectivity index (χ3n) is 3.54. The van der Waals surface area contributed by atoms with Gasteiger partial charge >= 0.3 is 5.97 Å². The summed E-state index contributed by atoms with van der Waals surface area (Å²) < 4.78 is 0. The highest BCUT2D eigenvalue weighted by atomic mass is 16.4. The van der Waals surface area contributed by atoms with E-state index in [0.717, 1.165) is 0 Å². The van der Waals surface area contributed by atoms with Crippen LogP contribution in [0.25, 0.3) is 0 Å². The van der Waals surface area contributed by atoms with E-state index in [1.165, 1.54) is 6.92 Å². The Morgan fingerprint density at radius 3 is 1.93 bits per heavy atom. The molecule has 0 aromatic carbocycles. The van der Waals surface area contributed by atoms with Crippen molar-refractivity contribution in [1.29, 1.82) is 0 Å². The van der Waals surface area contributed by atoms with Crippen LogP contribution in [0.5, 0.6) is 0 Å². The number of primary amides is 1. The molecule has 0 bridgehead atoms. The summed E-state index contributed by atoms with van der Waals surface area (Å²) in [4.78, 5) is 58.1. The molecule has 0 aliphatic rings. The zero-order valence-electron chi connectivity index (χ0n) is 15.4. The van der Waals surface area contributed by atoms with Crippen molar-refractivity contribution in [3.63, 3.8) is 0 Å². The molecule has 12 heteroatoms. The molecule has 27 heavy (non-hydrogen) atoms. The molecule has 4 unspecified atom stereocenters. The first-order valence-electron chi connectivity index (χ1n) is 8.19. The largest absolute Gasteiger partial charge is 0.480 e. The number of carboxylic acid groups (broad SMARTS) is 1. The SMILES string of the molecule is CC(C)C(N)C(=O)NC(CC(N)=O)C(=O)NC(C(=O)NCC(=O)O)C(C)O. The zero-order valence-corrected chi connectivity index (χ0v) is 15.4. The second-order valence-corrected chi connectivity index (χ2v) is 6.34. The van der Waals surface area contributed by atoms with Gasteiger partial charge < -0.3 is 37.6 Å². The fraction of sp³-hybridized carbons (Fsp3) is 0.667. The van der Waals surface area contributed by atoms with Gasteiger partial charge in [0.15, 0.2) is 0 Å². The molecule has 0 saturated heterocycles. The van der Waals surface area contributed by atoms with Gasteiger partial charge in [-0.05, 0) is 12.8 Å². The molecule has 154 valence electrons. The molecular weight excluding hydrogens is 362 g/mol. The number of hydrogen-bond acceptors (Lipinski definition) is 7. The van der Waals surface area contributed by atoms with Gasteiger partial charge in [-0.15, -0.1) is 0 Å². The van der Waals surface area contributed by atoms with Crippen LogP contribution in [0.1, 0.15) is 27.2 Å². The number of rotatable bonds is 11. The van der Waals surface area contributed by atoms with Crippen LogP contribution in [0.4, 0.5) is 0 Å². The lowest BCUT2D eigenvalue weighted by molar-refractivity contribution is -0.139. The number of amides is 4. The minimum atomic E-state index is -1.51. The first kappa shape index (κ1) is 24.3. The molecule has 0 fully saturated rings. The fourth-order valence-corrected chi connectivity index (χ4v) is 1.91. The van der Waals surface area contributed by atoms with Crippen molar-refractivity contribution < 1.29 is 34.2 Å². The molecule has 0 aromatic heterocycles. The third kappa shape index (κ3) is 8.96. The number of carbonyl (C=O) groups excluding carboxylic acids is 4. The third-order valence-corrected chi connectivity index (χ3v) is 3.54. The van der Waals surface area contributed by atoms with Crippen LogP contribution in [0.3, 0.4) is 0 Å². The Morgan fingerprint density at radius 2 is 1.52 bits per heavy atom. The van der Waals surface area contributed by atoms with Crippen molar-refractivity contribution in [2.75, 3.05) is 6.54 Å². The van der Waals surface area contributed by atoms with Crippen LogP contribution in [0, 0.1) is 5.92 Å². The molecule has 0 saturated carbocycles. The molecule has 0 aliphatic carbocycles. The van der Waals surface area contributed by atoms with Gasteiger partial charge in [0, 0.05) is 0 Å². The highest BCUT2D eigenvalue weighted by molar-refractivity contribution is 5.96. The number of aliphatic hydroxyl groups excluding tert-OH is 1. The van der Waals surface area contributed by atoms with E-state index < -0.39 is 66.8 Å². The Bertz CT molecular complexity index is 579. The monoisotopic (exact) mass is 389 g/mol. The summed E-state index contributed by atoms with van der Waals surface area (Å²) in [6.07, 6.45) is -1.95. The van der Waals surface area contributed by atoms with Crippen LogP contribution < -0.4 is 27.4 Å².